The van der Waals surface area contributed by atoms with Gasteiger partial charge >= 0.3 is 0 Å². The molecule has 1 aliphatic carbocycles. The molecule has 2 unspecified atom stereocenters. The van der Waals surface area contributed by atoms with Gasteiger partial charge in [0.25, 0.3) is 0 Å². The van der Waals surface area contributed by atoms with Gasteiger partial charge in [-0.1, -0.05) is 37.6 Å². The minimum Gasteiger partial charge on any atom is -0.377 e. The summed E-state index contributed by atoms with van der Waals surface area (Å²) >= 11 is 0. The van der Waals surface area contributed by atoms with E-state index in [0.29, 0.717) is 0 Å². The lowest BCUT2D eigenvalue weighted by atomic mass is 9.78. The van der Waals surface area contributed by atoms with Crippen LogP contribution in [0.1, 0.15) is 62.6 Å². The molecular weight excluding hydrogens is 234 g/mol. The number of likely N-dealkylation sites (N-methyl/N-ethyl adjacent to an activating group) is 1. The summed E-state index contributed by atoms with van der Waals surface area (Å²) in [4.78, 5) is 0. The minimum atomic E-state index is -0.160. The van der Waals surface area contributed by atoms with Gasteiger partial charge in [-0.05, 0) is 50.3 Å². The van der Waals surface area contributed by atoms with Crippen LogP contribution in [0.15, 0.2) is 24.3 Å². The molecule has 1 aliphatic rings. The van der Waals surface area contributed by atoms with Crippen molar-refractivity contribution in [2.75, 3.05) is 14.2 Å². The maximum Gasteiger partial charge on any atom is 0.0841 e. The van der Waals surface area contributed by atoms with Crippen molar-refractivity contribution >= 4 is 0 Å². The first-order valence-electron chi connectivity index (χ1n) is 7.47. The van der Waals surface area contributed by atoms with Crippen LogP contribution in [-0.2, 0) is 4.74 Å². The summed E-state index contributed by atoms with van der Waals surface area (Å²) in [6.07, 6.45) is 5.07. The first-order valence-corrected chi connectivity index (χ1v) is 7.47. The number of methoxy groups -OCH3 is 1. The molecule has 0 saturated heterocycles. The highest BCUT2D eigenvalue weighted by Crippen LogP contribution is 2.38. The zero-order chi connectivity index (χ0) is 13.9. The smallest absolute Gasteiger partial charge is 0.0841 e. The van der Waals surface area contributed by atoms with Gasteiger partial charge in [0.15, 0.2) is 0 Å². The fourth-order valence-electron chi connectivity index (χ4n) is 3.02. The summed E-state index contributed by atoms with van der Waals surface area (Å²) in [6.45, 7) is 4.37. The Balaban J connectivity index is 2.27. The highest BCUT2D eigenvalue weighted by atomic mass is 16.5. The van der Waals surface area contributed by atoms with Gasteiger partial charge in [-0.2, -0.15) is 0 Å². The van der Waals surface area contributed by atoms with Crippen LogP contribution in [0.3, 0.4) is 0 Å². The molecule has 0 aliphatic heterocycles. The Morgan fingerprint density at radius 3 is 2.63 bits per heavy atom. The van der Waals surface area contributed by atoms with E-state index in [1.807, 2.05) is 14.2 Å². The second-order valence-electron chi connectivity index (χ2n) is 5.89. The molecule has 1 N–H and O–H groups in total. The third kappa shape index (κ3) is 2.85. The van der Waals surface area contributed by atoms with Gasteiger partial charge in [-0.25, -0.2) is 0 Å². The van der Waals surface area contributed by atoms with Gasteiger partial charge in [-0.15, -0.1) is 0 Å². The molecule has 19 heavy (non-hydrogen) atoms. The molecular formula is C17H27NO. The van der Waals surface area contributed by atoms with E-state index in [1.165, 1.54) is 30.4 Å². The third-order valence-corrected chi connectivity index (χ3v) is 4.89. The largest absolute Gasteiger partial charge is 0.377 e. The molecule has 0 spiro atoms. The van der Waals surface area contributed by atoms with Crippen LogP contribution in [0.25, 0.3) is 0 Å². The lowest BCUT2D eigenvalue weighted by Gasteiger charge is -2.36. The molecule has 1 saturated carbocycles. The molecule has 2 atom stereocenters. The van der Waals surface area contributed by atoms with Crippen LogP contribution < -0.4 is 5.32 Å². The van der Waals surface area contributed by atoms with Gasteiger partial charge in [0.2, 0.25) is 0 Å². The van der Waals surface area contributed by atoms with Gasteiger partial charge in [-0.3, -0.25) is 0 Å². The maximum absolute atomic E-state index is 5.77. The summed E-state index contributed by atoms with van der Waals surface area (Å²) in [5.41, 5.74) is 2.68. The fraction of sp³-hybridized carbons (Fsp3) is 0.647. The van der Waals surface area contributed by atoms with Crippen LogP contribution in [0.4, 0.5) is 0 Å². The first kappa shape index (κ1) is 14.5. The zero-order valence-electron chi connectivity index (χ0n) is 12.7. The molecule has 2 nitrogen and oxygen atoms in total. The highest BCUT2D eigenvalue weighted by molar-refractivity contribution is 5.31. The standard InChI is InChI=1S/C17H27NO/c1-5-17(2,19-4)16(18-3)15-11-7-10-14(12-15)13-8-6-9-13/h7,10-13,16,18H,5-6,8-9H2,1-4H3. The number of rotatable bonds is 6. The Labute approximate surface area is 117 Å². The predicted octanol–water partition coefficient (Wildman–Crippen LogP) is 4.03. The van der Waals surface area contributed by atoms with E-state index in [-0.39, 0.29) is 11.6 Å². The third-order valence-electron chi connectivity index (χ3n) is 4.89. The second-order valence-corrected chi connectivity index (χ2v) is 5.89. The van der Waals surface area contributed by atoms with Crippen LogP contribution >= 0.6 is 0 Å². The van der Waals surface area contributed by atoms with Crippen molar-refractivity contribution in [2.24, 2.45) is 0 Å². The van der Waals surface area contributed by atoms with Gasteiger partial charge < -0.3 is 10.1 Å². The predicted molar refractivity (Wildman–Crippen MR) is 80.5 cm³/mol. The highest BCUT2D eigenvalue weighted by Gasteiger charge is 2.33. The van der Waals surface area contributed by atoms with Crippen molar-refractivity contribution < 1.29 is 4.74 Å². The Bertz CT molecular complexity index is 407. The van der Waals surface area contributed by atoms with E-state index in [2.05, 4.69) is 43.4 Å². The monoisotopic (exact) mass is 261 g/mol. The van der Waals surface area contributed by atoms with Crippen LogP contribution in [0.2, 0.25) is 0 Å². The minimum absolute atomic E-state index is 0.160. The number of ether oxygens (including phenoxy) is 1. The van der Waals surface area contributed by atoms with Crippen molar-refractivity contribution in [1.29, 1.82) is 0 Å². The van der Waals surface area contributed by atoms with E-state index in [4.69, 9.17) is 4.74 Å². The molecule has 0 aromatic heterocycles. The molecule has 0 bridgehead atoms. The molecule has 2 rings (SSSR count). The molecule has 1 fully saturated rings. The Hall–Kier alpha value is -0.860. The Morgan fingerprint density at radius 1 is 1.42 bits per heavy atom. The van der Waals surface area contributed by atoms with Crippen molar-refractivity contribution in [3.05, 3.63) is 35.4 Å². The average Bonchev–Trinajstić information content (AvgIpc) is 2.38. The van der Waals surface area contributed by atoms with Crippen LogP contribution in [0.5, 0.6) is 0 Å². The molecule has 0 heterocycles. The summed E-state index contributed by atoms with van der Waals surface area (Å²) in [5, 5.41) is 3.44. The van der Waals surface area contributed by atoms with Gasteiger partial charge in [0.1, 0.15) is 0 Å². The van der Waals surface area contributed by atoms with Crippen LogP contribution in [-0.4, -0.2) is 19.8 Å². The van der Waals surface area contributed by atoms with E-state index >= 15 is 0 Å². The van der Waals surface area contributed by atoms with Crippen molar-refractivity contribution in [3.8, 4) is 0 Å². The van der Waals surface area contributed by atoms with Crippen molar-refractivity contribution in [2.45, 2.75) is 57.1 Å². The number of hydrogen-bond donors (Lipinski definition) is 1. The molecule has 0 radical (unpaired) electrons. The SMILES string of the molecule is CCC(C)(OC)C(NC)c1cccc(C2CCC2)c1. The van der Waals surface area contributed by atoms with E-state index in [9.17, 15) is 0 Å². The maximum atomic E-state index is 5.77. The number of benzene rings is 1. The summed E-state index contributed by atoms with van der Waals surface area (Å²) < 4.78 is 5.77. The molecule has 2 heteroatoms. The summed E-state index contributed by atoms with van der Waals surface area (Å²) in [6, 6.07) is 9.30. The Kier molecular flexibility index (Phi) is 4.64. The first-order chi connectivity index (χ1) is 9.14. The molecule has 0 amide bonds. The van der Waals surface area contributed by atoms with E-state index in [1.54, 1.807) is 0 Å². The second kappa shape index (κ2) is 6.06. The number of hydrogen-bond acceptors (Lipinski definition) is 2. The Morgan fingerprint density at radius 2 is 2.16 bits per heavy atom. The fourth-order valence-corrected chi connectivity index (χ4v) is 3.02. The molecule has 106 valence electrons. The van der Waals surface area contributed by atoms with Crippen LogP contribution in [0, 0.1) is 0 Å². The van der Waals surface area contributed by atoms with Gasteiger partial charge in [0, 0.05) is 7.11 Å². The lowest BCUT2D eigenvalue weighted by molar-refractivity contribution is -0.0280. The zero-order valence-corrected chi connectivity index (χ0v) is 12.7. The molecule has 1 aromatic rings. The van der Waals surface area contributed by atoms with Crippen molar-refractivity contribution in [1.82, 2.24) is 5.32 Å². The lowest BCUT2D eigenvalue weighted by Crippen LogP contribution is -2.41. The normalized spacial score (nSPS) is 20.6. The topological polar surface area (TPSA) is 21.3 Å². The molecule has 1 aromatic carbocycles. The van der Waals surface area contributed by atoms with Gasteiger partial charge in [0.05, 0.1) is 11.6 Å². The van der Waals surface area contributed by atoms with E-state index in [0.717, 1.165) is 12.3 Å². The summed E-state index contributed by atoms with van der Waals surface area (Å²) in [5.74, 6) is 0.785. The van der Waals surface area contributed by atoms with Crippen molar-refractivity contribution in [3.63, 3.8) is 0 Å². The number of nitrogens with one attached hydrogen (secondary N) is 1. The average molecular weight is 261 g/mol. The van der Waals surface area contributed by atoms with E-state index < -0.39 is 0 Å². The quantitative estimate of drug-likeness (QED) is 0.834. The summed E-state index contributed by atoms with van der Waals surface area (Å²) in [7, 11) is 3.83.